The molecule has 3 aliphatic heterocycles. The van der Waals surface area contributed by atoms with Gasteiger partial charge < -0.3 is 15.4 Å². The van der Waals surface area contributed by atoms with E-state index in [0.717, 1.165) is 32.5 Å². The van der Waals surface area contributed by atoms with Crippen LogP contribution in [0.3, 0.4) is 0 Å². The molecule has 0 spiro atoms. The Morgan fingerprint density at radius 3 is 2.75 bits per heavy atom. The number of hydrogen-bond donors (Lipinski definition) is 1. The molecule has 3 fully saturated rings. The number of amides is 1. The van der Waals surface area contributed by atoms with Crippen LogP contribution in [0.25, 0.3) is 0 Å². The first kappa shape index (κ1) is 14.3. The highest BCUT2D eigenvalue weighted by Crippen LogP contribution is 2.33. The SMILES string of the molecule is NCC1(C(=O)N2CCN3CCCCC3C2)CCOCC1. The lowest BCUT2D eigenvalue weighted by Gasteiger charge is -2.47. The first-order chi connectivity index (χ1) is 9.75. The third-order valence-electron chi connectivity index (χ3n) is 5.42. The predicted octanol–water partition coefficient (Wildman–Crippen LogP) is 0.439. The van der Waals surface area contributed by atoms with Crippen molar-refractivity contribution in [2.24, 2.45) is 11.1 Å². The molecule has 0 aromatic carbocycles. The number of rotatable bonds is 2. The second-order valence-corrected chi connectivity index (χ2v) is 6.53. The molecule has 3 aliphatic rings. The van der Waals surface area contributed by atoms with E-state index in [4.69, 9.17) is 10.5 Å². The van der Waals surface area contributed by atoms with Crippen LogP contribution in [0.4, 0.5) is 0 Å². The van der Waals surface area contributed by atoms with Crippen LogP contribution < -0.4 is 5.73 Å². The van der Waals surface area contributed by atoms with Crippen molar-refractivity contribution in [3.63, 3.8) is 0 Å². The molecule has 5 nitrogen and oxygen atoms in total. The molecule has 3 saturated heterocycles. The average molecular weight is 281 g/mol. The third-order valence-corrected chi connectivity index (χ3v) is 5.42. The summed E-state index contributed by atoms with van der Waals surface area (Å²) in [5.74, 6) is 0.286. The van der Waals surface area contributed by atoms with Gasteiger partial charge in [0.2, 0.25) is 5.91 Å². The Balaban J connectivity index is 1.67. The molecule has 3 rings (SSSR count). The van der Waals surface area contributed by atoms with Crippen LogP contribution in [-0.2, 0) is 9.53 Å². The van der Waals surface area contributed by atoms with Gasteiger partial charge >= 0.3 is 0 Å². The molecule has 3 heterocycles. The lowest BCUT2D eigenvalue weighted by Crippen LogP contribution is -2.60. The van der Waals surface area contributed by atoms with Crippen LogP contribution in [0.5, 0.6) is 0 Å². The van der Waals surface area contributed by atoms with E-state index in [0.29, 0.717) is 25.8 Å². The summed E-state index contributed by atoms with van der Waals surface area (Å²) in [6.07, 6.45) is 5.43. The minimum atomic E-state index is -0.352. The zero-order valence-electron chi connectivity index (χ0n) is 12.4. The van der Waals surface area contributed by atoms with Crippen LogP contribution in [0, 0.1) is 5.41 Å². The topological polar surface area (TPSA) is 58.8 Å². The monoisotopic (exact) mass is 281 g/mol. The molecular weight excluding hydrogens is 254 g/mol. The second kappa shape index (κ2) is 6.00. The molecule has 0 aromatic rings. The Kier molecular flexibility index (Phi) is 4.29. The van der Waals surface area contributed by atoms with Crippen LogP contribution >= 0.6 is 0 Å². The summed E-state index contributed by atoms with van der Waals surface area (Å²) in [7, 11) is 0. The van der Waals surface area contributed by atoms with E-state index in [-0.39, 0.29) is 11.3 Å². The molecule has 2 N–H and O–H groups in total. The highest BCUT2D eigenvalue weighted by molar-refractivity contribution is 5.83. The van der Waals surface area contributed by atoms with Crippen molar-refractivity contribution in [2.45, 2.75) is 38.1 Å². The lowest BCUT2D eigenvalue weighted by atomic mass is 9.78. The van der Waals surface area contributed by atoms with Gasteiger partial charge in [-0.25, -0.2) is 0 Å². The molecule has 0 aliphatic carbocycles. The van der Waals surface area contributed by atoms with E-state index >= 15 is 0 Å². The minimum Gasteiger partial charge on any atom is -0.381 e. The third kappa shape index (κ3) is 2.59. The summed E-state index contributed by atoms with van der Waals surface area (Å²) in [5.41, 5.74) is 5.61. The summed E-state index contributed by atoms with van der Waals surface area (Å²) in [5, 5.41) is 0. The van der Waals surface area contributed by atoms with Gasteiger partial charge in [0.15, 0.2) is 0 Å². The number of piperazine rings is 1. The molecule has 0 saturated carbocycles. The summed E-state index contributed by atoms with van der Waals surface area (Å²) >= 11 is 0. The normalized spacial score (nSPS) is 30.9. The minimum absolute atomic E-state index is 0.286. The number of carbonyl (C=O) groups excluding carboxylic acids is 1. The number of nitrogens with two attached hydrogens (primary N) is 1. The molecular formula is C15H27N3O2. The fourth-order valence-electron chi connectivity index (χ4n) is 3.94. The van der Waals surface area contributed by atoms with Crippen molar-refractivity contribution in [3.8, 4) is 0 Å². The number of piperidine rings is 1. The van der Waals surface area contributed by atoms with Crippen molar-refractivity contribution in [1.82, 2.24) is 9.80 Å². The summed E-state index contributed by atoms with van der Waals surface area (Å²) in [6, 6.07) is 0.580. The highest BCUT2D eigenvalue weighted by Gasteiger charge is 2.43. The summed E-state index contributed by atoms with van der Waals surface area (Å²) in [4.78, 5) is 17.6. The van der Waals surface area contributed by atoms with E-state index in [9.17, 15) is 4.79 Å². The smallest absolute Gasteiger partial charge is 0.230 e. The van der Waals surface area contributed by atoms with E-state index in [1.165, 1.54) is 25.8 Å². The molecule has 1 amide bonds. The molecule has 1 unspecified atom stereocenters. The van der Waals surface area contributed by atoms with E-state index < -0.39 is 0 Å². The van der Waals surface area contributed by atoms with Gasteiger partial charge in [-0.1, -0.05) is 6.42 Å². The number of fused-ring (bicyclic) bond motifs is 1. The Morgan fingerprint density at radius 1 is 1.20 bits per heavy atom. The summed E-state index contributed by atoms with van der Waals surface area (Å²) < 4.78 is 5.42. The Bertz CT molecular complexity index is 355. The standard InChI is InChI=1S/C15H27N3O2/c16-12-15(4-9-20-10-5-15)14(19)18-8-7-17-6-2-1-3-13(17)11-18/h13H,1-12,16H2. The average Bonchev–Trinajstić information content (AvgIpc) is 2.54. The predicted molar refractivity (Wildman–Crippen MR) is 77.3 cm³/mol. The first-order valence-electron chi connectivity index (χ1n) is 8.06. The molecule has 0 aromatic heterocycles. The second-order valence-electron chi connectivity index (χ2n) is 6.53. The van der Waals surface area contributed by atoms with Gasteiger partial charge in [0, 0.05) is 45.4 Å². The van der Waals surface area contributed by atoms with Crippen molar-refractivity contribution in [2.75, 3.05) is 45.9 Å². The van der Waals surface area contributed by atoms with Crippen molar-refractivity contribution >= 4 is 5.91 Å². The van der Waals surface area contributed by atoms with Crippen LogP contribution in [0.15, 0.2) is 0 Å². The van der Waals surface area contributed by atoms with Gasteiger partial charge in [0.25, 0.3) is 0 Å². The lowest BCUT2D eigenvalue weighted by molar-refractivity contribution is -0.150. The molecule has 0 radical (unpaired) electrons. The highest BCUT2D eigenvalue weighted by atomic mass is 16.5. The molecule has 5 heteroatoms. The van der Waals surface area contributed by atoms with Crippen LogP contribution in [0.1, 0.15) is 32.1 Å². The van der Waals surface area contributed by atoms with Gasteiger partial charge in [-0.3, -0.25) is 9.69 Å². The maximum atomic E-state index is 13.0. The zero-order chi connectivity index (χ0) is 14.0. The van der Waals surface area contributed by atoms with Crippen LogP contribution in [-0.4, -0.2) is 67.7 Å². The fraction of sp³-hybridized carbons (Fsp3) is 0.933. The van der Waals surface area contributed by atoms with Gasteiger partial charge in [-0.15, -0.1) is 0 Å². The Hall–Kier alpha value is -0.650. The fourth-order valence-corrected chi connectivity index (χ4v) is 3.94. The van der Waals surface area contributed by atoms with Crippen molar-refractivity contribution in [3.05, 3.63) is 0 Å². The summed E-state index contributed by atoms with van der Waals surface area (Å²) in [6.45, 7) is 5.83. The number of carbonyl (C=O) groups is 1. The van der Waals surface area contributed by atoms with Crippen LogP contribution in [0.2, 0.25) is 0 Å². The van der Waals surface area contributed by atoms with Gasteiger partial charge in [-0.2, -0.15) is 0 Å². The Morgan fingerprint density at radius 2 is 2.00 bits per heavy atom. The van der Waals surface area contributed by atoms with Gasteiger partial charge in [0.1, 0.15) is 0 Å². The molecule has 20 heavy (non-hydrogen) atoms. The quantitative estimate of drug-likeness (QED) is 0.798. The molecule has 1 atom stereocenters. The van der Waals surface area contributed by atoms with Crippen molar-refractivity contribution < 1.29 is 9.53 Å². The van der Waals surface area contributed by atoms with E-state index in [2.05, 4.69) is 9.80 Å². The van der Waals surface area contributed by atoms with Gasteiger partial charge in [0.05, 0.1) is 5.41 Å². The first-order valence-corrected chi connectivity index (χ1v) is 8.06. The van der Waals surface area contributed by atoms with Gasteiger partial charge in [-0.05, 0) is 32.2 Å². The molecule has 114 valence electrons. The zero-order valence-corrected chi connectivity index (χ0v) is 12.4. The maximum absolute atomic E-state index is 13.0. The Labute approximate surface area is 121 Å². The number of ether oxygens (including phenoxy) is 1. The number of hydrogen-bond acceptors (Lipinski definition) is 4. The van der Waals surface area contributed by atoms with E-state index in [1.54, 1.807) is 0 Å². The van der Waals surface area contributed by atoms with E-state index in [1.807, 2.05) is 0 Å². The maximum Gasteiger partial charge on any atom is 0.230 e. The number of nitrogens with zero attached hydrogens (tertiary/aromatic N) is 2. The van der Waals surface area contributed by atoms with Crippen molar-refractivity contribution in [1.29, 1.82) is 0 Å². The largest absolute Gasteiger partial charge is 0.381 e. The molecule has 0 bridgehead atoms.